The Bertz CT molecular complexity index is 1190. The second kappa shape index (κ2) is 10.2. The van der Waals surface area contributed by atoms with Gasteiger partial charge in [0.25, 0.3) is 0 Å². The monoisotopic (exact) mass is 450 g/mol. The summed E-state index contributed by atoms with van der Waals surface area (Å²) in [5.74, 6) is 0.125. The molecular formula is C23H23FN6OS. The fraction of sp³-hybridized carbons (Fsp3) is 0.217. The van der Waals surface area contributed by atoms with Gasteiger partial charge in [-0.2, -0.15) is 5.10 Å². The van der Waals surface area contributed by atoms with Gasteiger partial charge in [-0.3, -0.25) is 14.0 Å². The molecule has 7 nitrogen and oxygen atoms in total. The Morgan fingerprint density at radius 1 is 1.09 bits per heavy atom. The van der Waals surface area contributed by atoms with Gasteiger partial charge in [-0.1, -0.05) is 42.1 Å². The first-order valence-corrected chi connectivity index (χ1v) is 11.2. The average molecular weight is 451 g/mol. The molecule has 2 aromatic heterocycles. The molecular weight excluding hydrogens is 427 g/mol. The summed E-state index contributed by atoms with van der Waals surface area (Å²) in [5, 5.41) is 16.1. The van der Waals surface area contributed by atoms with Crippen molar-refractivity contribution in [1.82, 2.24) is 29.9 Å². The van der Waals surface area contributed by atoms with E-state index in [9.17, 15) is 9.18 Å². The van der Waals surface area contributed by atoms with Crippen molar-refractivity contribution in [3.8, 4) is 17.1 Å². The van der Waals surface area contributed by atoms with E-state index in [0.29, 0.717) is 23.1 Å². The highest BCUT2D eigenvalue weighted by atomic mass is 32.2. The Balaban J connectivity index is 1.42. The Morgan fingerprint density at radius 2 is 1.88 bits per heavy atom. The molecule has 0 aliphatic rings. The maximum absolute atomic E-state index is 14.4. The van der Waals surface area contributed by atoms with Gasteiger partial charge in [0.1, 0.15) is 5.82 Å². The second-order valence-corrected chi connectivity index (χ2v) is 8.16. The first kappa shape index (κ1) is 21.8. The van der Waals surface area contributed by atoms with Gasteiger partial charge < -0.3 is 5.32 Å². The summed E-state index contributed by atoms with van der Waals surface area (Å²) in [6, 6.07) is 15.9. The Kier molecular flexibility index (Phi) is 6.96. The molecule has 0 radical (unpaired) electrons. The van der Waals surface area contributed by atoms with E-state index in [0.717, 1.165) is 24.1 Å². The number of nitrogens with zero attached hydrogens (tertiary/aromatic N) is 5. The standard InChI is InChI=1S/C23H23FN6OS/c1-29-15-17(14-26-29)8-7-13-25-21(31)16-32-23-28-27-22(19-11-5-6-12-20(19)24)30(23)18-9-3-2-4-10-18/h2-6,9-12,14-15H,7-8,13,16H2,1H3,(H,25,31). The SMILES string of the molecule is Cn1cc(CCCNC(=O)CSc2nnc(-c3ccccc3F)n2-c2ccccc2)cn1. The fourth-order valence-electron chi connectivity index (χ4n) is 3.29. The van der Waals surface area contributed by atoms with Crippen molar-refractivity contribution in [2.24, 2.45) is 7.05 Å². The normalized spacial score (nSPS) is 10.9. The van der Waals surface area contributed by atoms with Crippen molar-refractivity contribution in [2.45, 2.75) is 18.0 Å². The number of carbonyl (C=O) groups excluding carboxylic acids is 1. The summed E-state index contributed by atoms with van der Waals surface area (Å²) in [7, 11) is 1.88. The first-order chi connectivity index (χ1) is 15.6. The molecule has 9 heteroatoms. The average Bonchev–Trinajstić information content (AvgIpc) is 3.42. The van der Waals surface area contributed by atoms with Crippen LogP contribution in [0.2, 0.25) is 0 Å². The lowest BCUT2D eigenvalue weighted by molar-refractivity contribution is -0.118. The number of hydrogen-bond donors (Lipinski definition) is 1. The summed E-state index contributed by atoms with van der Waals surface area (Å²) in [6.45, 7) is 0.583. The molecule has 4 rings (SSSR count). The molecule has 0 saturated heterocycles. The molecule has 2 heterocycles. The third-order valence-corrected chi connectivity index (χ3v) is 5.75. The van der Waals surface area contributed by atoms with Crippen molar-refractivity contribution < 1.29 is 9.18 Å². The number of rotatable bonds is 9. The lowest BCUT2D eigenvalue weighted by atomic mass is 10.2. The maximum atomic E-state index is 14.4. The number of carbonyl (C=O) groups is 1. The van der Waals surface area contributed by atoms with Crippen molar-refractivity contribution in [1.29, 1.82) is 0 Å². The van der Waals surface area contributed by atoms with Crippen LogP contribution in [0.4, 0.5) is 4.39 Å². The van der Waals surface area contributed by atoms with Gasteiger partial charge in [0.05, 0.1) is 17.5 Å². The third-order valence-electron chi connectivity index (χ3n) is 4.82. The number of para-hydroxylation sites is 1. The summed E-state index contributed by atoms with van der Waals surface area (Å²) >= 11 is 1.27. The predicted molar refractivity (Wildman–Crippen MR) is 122 cm³/mol. The van der Waals surface area contributed by atoms with E-state index >= 15 is 0 Å². The van der Waals surface area contributed by atoms with Crippen LogP contribution in [0.3, 0.4) is 0 Å². The van der Waals surface area contributed by atoms with Crippen LogP contribution in [0.15, 0.2) is 72.1 Å². The van der Waals surface area contributed by atoms with Gasteiger partial charge in [-0.25, -0.2) is 4.39 Å². The lowest BCUT2D eigenvalue weighted by Crippen LogP contribution is -2.26. The maximum Gasteiger partial charge on any atom is 0.230 e. The van der Waals surface area contributed by atoms with E-state index in [4.69, 9.17) is 0 Å². The molecule has 0 aliphatic heterocycles. The van der Waals surface area contributed by atoms with Crippen LogP contribution in [-0.2, 0) is 18.3 Å². The van der Waals surface area contributed by atoms with Gasteiger partial charge in [-0.05, 0) is 42.7 Å². The number of nitrogens with one attached hydrogen (secondary N) is 1. The number of benzene rings is 2. The molecule has 0 saturated carbocycles. The highest BCUT2D eigenvalue weighted by molar-refractivity contribution is 7.99. The topological polar surface area (TPSA) is 77.6 Å². The predicted octanol–water partition coefficient (Wildman–Crippen LogP) is 3.65. The van der Waals surface area contributed by atoms with E-state index in [1.54, 1.807) is 27.4 Å². The molecule has 0 atom stereocenters. The van der Waals surface area contributed by atoms with Gasteiger partial charge in [0, 0.05) is 25.5 Å². The number of halogens is 1. The molecule has 0 spiro atoms. The van der Waals surface area contributed by atoms with E-state index in [2.05, 4.69) is 20.6 Å². The molecule has 1 amide bonds. The number of aryl methyl sites for hydroxylation is 2. The van der Waals surface area contributed by atoms with E-state index in [1.165, 1.54) is 17.8 Å². The molecule has 0 bridgehead atoms. The lowest BCUT2D eigenvalue weighted by Gasteiger charge is -2.11. The zero-order valence-electron chi connectivity index (χ0n) is 17.6. The van der Waals surface area contributed by atoms with Crippen molar-refractivity contribution in [2.75, 3.05) is 12.3 Å². The van der Waals surface area contributed by atoms with Gasteiger partial charge in [0.15, 0.2) is 11.0 Å². The summed E-state index contributed by atoms with van der Waals surface area (Å²) < 4.78 is 18.0. The molecule has 2 aromatic carbocycles. The van der Waals surface area contributed by atoms with Crippen molar-refractivity contribution >= 4 is 17.7 Å². The third kappa shape index (κ3) is 5.23. The van der Waals surface area contributed by atoms with Crippen LogP contribution in [-0.4, -0.2) is 42.7 Å². The van der Waals surface area contributed by atoms with Crippen molar-refractivity contribution in [3.63, 3.8) is 0 Å². The summed E-state index contributed by atoms with van der Waals surface area (Å²) in [6.07, 6.45) is 5.50. The van der Waals surface area contributed by atoms with Crippen LogP contribution in [0.5, 0.6) is 0 Å². The summed E-state index contributed by atoms with van der Waals surface area (Å²) in [5.41, 5.74) is 2.30. The van der Waals surface area contributed by atoms with Gasteiger partial charge in [0.2, 0.25) is 5.91 Å². The zero-order chi connectivity index (χ0) is 22.3. The Morgan fingerprint density at radius 3 is 2.62 bits per heavy atom. The quantitative estimate of drug-likeness (QED) is 0.311. The number of aromatic nitrogens is 5. The van der Waals surface area contributed by atoms with Crippen LogP contribution in [0.1, 0.15) is 12.0 Å². The minimum atomic E-state index is -0.375. The van der Waals surface area contributed by atoms with Crippen molar-refractivity contribution in [3.05, 3.63) is 78.4 Å². The number of thioether (sulfide) groups is 1. The molecule has 1 N–H and O–H groups in total. The zero-order valence-corrected chi connectivity index (χ0v) is 18.4. The smallest absolute Gasteiger partial charge is 0.230 e. The van der Waals surface area contributed by atoms with Gasteiger partial charge >= 0.3 is 0 Å². The van der Waals surface area contributed by atoms with E-state index in [1.807, 2.05) is 49.8 Å². The minimum absolute atomic E-state index is 0.0868. The highest BCUT2D eigenvalue weighted by Crippen LogP contribution is 2.29. The van der Waals surface area contributed by atoms with Crippen LogP contribution < -0.4 is 5.32 Å². The molecule has 4 aromatic rings. The Hall–Kier alpha value is -3.46. The van der Waals surface area contributed by atoms with E-state index < -0.39 is 0 Å². The molecule has 0 fully saturated rings. The van der Waals surface area contributed by atoms with Gasteiger partial charge in [-0.15, -0.1) is 10.2 Å². The Labute approximate surface area is 189 Å². The molecule has 0 unspecified atom stereocenters. The van der Waals surface area contributed by atoms with E-state index in [-0.39, 0.29) is 17.5 Å². The fourth-order valence-corrected chi connectivity index (χ4v) is 4.07. The molecule has 32 heavy (non-hydrogen) atoms. The molecule has 164 valence electrons. The largest absolute Gasteiger partial charge is 0.355 e. The van der Waals surface area contributed by atoms with Crippen LogP contribution in [0, 0.1) is 5.82 Å². The molecule has 0 aliphatic carbocycles. The van der Waals surface area contributed by atoms with Crippen LogP contribution in [0.25, 0.3) is 17.1 Å². The minimum Gasteiger partial charge on any atom is -0.355 e. The van der Waals surface area contributed by atoms with Crippen LogP contribution >= 0.6 is 11.8 Å². The highest BCUT2D eigenvalue weighted by Gasteiger charge is 2.19. The second-order valence-electron chi connectivity index (χ2n) is 7.22. The first-order valence-electron chi connectivity index (χ1n) is 10.2. The number of amides is 1. The summed E-state index contributed by atoms with van der Waals surface area (Å²) in [4.78, 5) is 12.3. The number of hydrogen-bond acceptors (Lipinski definition) is 5.